The molecule has 0 unspecified atom stereocenters. The molecule has 14 heavy (non-hydrogen) atoms. The maximum atomic E-state index is 8.82. The van der Waals surface area contributed by atoms with Gasteiger partial charge in [0.15, 0.2) is 0 Å². The van der Waals surface area contributed by atoms with E-state index in [2.05, 4.69) is 26.2 Å². The van der Waals surface area contributed by atoms with E-state index in [-0.39, 0.29) is 5.92 Å². The third kappa shape index (κ3) is 2.35. The average molecular weight is 189 g/mol. The highest BCUT2D eigenvalue weighted by molar-refractivity contribution is 5.39. The van der Waals surface area contributed by atoms with Gasteiger partial charge in [-0.3, -0.25) is 0 Å². The number of hydrogen-bond acceptors (Lipinski definition) is 1. The van der Waals surface area contributed by atoms with E-state index < -0.39 is 0 Å². The van der Waals surface area contributed by atoms with Crippen LogP contribution in [0, 0.1) is 23.2 Å². The molecule has 0 saturated carbocycles. The molecule has 0 aromatic rings. The minimum Gasteiger partial charge on any atom is -0.198 e. The molecule has 76 valence electrons. The van der Waals surface area contributed by atoms with Crippen molar-refractivity contribution in [1.82, 2.24) is 0 Å². The zero-order valence-corrected chi connectivity index (χ0v) is 9.38. The predicted octanol–water partition coefficient (Wildman–Crippen LogP) is 3.86. The molecule has 0 bridgehead atoms. The lowest BCUT2D eigenvalue weighted by atomic mass is 9.94. The minimum atomic E-state index is 0.117. The van der Waals surface area contributed by atoms with Crippen LogP contribution >= 0.6 is 0 Å². The average Bonchev–Trinajstić information content (AvgIpc) is 2.57. The highest BCUT2D eigenvalue weighted by Gasteiger charge is 2.28. The van der Waals surface area contributed by atoms with Gasteiger partial charge in [-0.15, -0.1) is 0 Å². The quantitative estimate of drug-likeness (QED) is 0.647. The molecule has 2 atom stereocenters. The fourth-order valence-corrected chi connectivity index (χ4v) is 1.72. The molecule has 1 aliphatic carbocycles. The van der Waals surface area contributed by atoms with Crippen molar-refractivity contribution >= 4 is 0 Å². The molecule has 0 aliphatic heterocycles. The second-order valence-corrected chi connectivity index (χ2v) is 3.12. The summed E-state index contributed by atoms with van der Waals surface area (Å²) in [7, 11) is 0. The largest absolute Gasteiger partial charge is 0.198 e. The van der Waals surface area contributed by atoms with Gasteiger partial charge >= 0.3 is 0 Å². The van der Waals surface area contributed by atoms with E-state index in [0.29, 0.717) is 5.92 Å². The van der Waals surface area contributed by atoms with E-state index in [1.165, 1.54) is 11.1 Å². The van der Waals surface area contributed by atoms with Crippen LogP contribution in [0.2, 0.25) is 0 Å². The van der Waals surface area contributed by atoms with Gasteiger partial charge in [-0.25, -0.2) is 0 Å². The van der Waals surface area contributed by atoms with Crippen LogP contribution < -0.4 is 0 Å². The molecule has 1 rings (SSSR count). The fourth-order valence-electron chi connectivity index (χ4n) is 1.72. The molecule has 0 aromatic carbocycles. The van der Waals surface area contributed by atoms with Gasteiger partial charge in [0.2, 0.25) is 0 Å². The van der Waals surface area contributed by atoms with Gasteiger partial charge in [-0.2, -0.15) is 5.26 Å². The molecular formula is C13H19N. The summed E-state index contributed by atoms with van der Waals surface area (Å²) in [6, 6.07) is 2.31. The van der Waals surface area contributed by atoms with Crippen molar-refractivity contribution in [1.29, 1.82) is 5.26 Å². The van der Waals surface area contributed by atoms with Gasteiger partial charge in [0.1, 0.15) is 0 Å². The monoisotopic (exact) mass is 189 g/mol. The highest BCUT2D eigenvalue weighted by Crippen LogP contribution is 2.37. The standard InChI is InChI=1S/C11H13N.C2H6/c1-4-9-6-10(7-12)8(3)11(9)5-2;1-2/h4-5,8,10H,1-2,6H2,3H3;1-2H3/t8-,10+;/m1./s1. The number of hydrogen-bond donors (Lipinski definition) is 0. The molecule has 1 nitrogen and oxygen atoms in total. The van der Waals surface area contributed by atoms with Crippen LogP contribution in [0.3, 0.4) is 0 Å². The van der Waals surface area contributed by atoms with E-state index in [1.54, 1.807) is 0 Å². The van der Waals surface area contributed by atoms with Crippen LogP contribution in [0.15, 0.2) is 36.5 Å². The third-order valence-corrected chi connectivity index (χ3v) is 2.54. The number of nitrogens with zero attached hydrogens (tertiary/aromatic N) is 1. The first-order chi connectivity index (χ1) is 6.74. The zero-order valence-electron chi connectivity index (χ0n) is 9.38. The van der Waals surface area contributed by atoms with Crippen molar-refractivity contribution in [3.8, 4) is 6.07 Å². The Bertz CT molecular complexity index is 278. The van der Waals surface area contributed by atoms with Gasteiger partial charge in [0, 0.05) is 0 Å². The Labute approximate surface area is 87.4 Å². The summed E-state index contributed by atoms with van der Waals surface area (Å²) in [5.41, 5.74) is 2.38. The zero-order chi connectivity index (χ0) is 11.1. The molecule has 1 aliphatic rings. The van der Waals surface area contributed by atoms with Crippen molar-refractivity contribution < 1.29 is 0 Å². The summed E-state index contributed by atoms with van der Waals surface area (Å²) in [5.74, 6) is 0.437. The van der Waals surface area contributed by atoms with Crippen LogP contribution in [0.5, 0.6) is 0 Å². The van der Waals surface area contributed by atoms with Gasteiger partial charge in [-0.05, 0) is 23.5 Å². The summed E-state index contributed by atoms with van der Waals surface area (Å²) >= 11 is 0. The van der Waals surface area contributed by atoms with Crippen molar-refractivity contribution in [2.45, 2.75) is 27.2 Å². The van der Waals surface area contributed by atoms with E-state index in [9.17, 15) is 0 Å². The lowest BCUT2D eigenvalue weighted by Crippen LogP contribution is -2.03. The molecule has 0 saturated heterocycles. The Morgan fingerprint density at radius 3 is 2.21 bits per heavy atom. The Morgan fingerprint density at radius 2 is 1.93 bits per heavy atom. The minimum absolute atomic E-state index is 0.117. The molecule has 0 radical (unpaired) electrons. The molecule has 0 spiro atoms. The Morgan fingerprint density at radius 1 is 1.36 bits per heavy atom. The first-order valence-electron chi connectivity index (χ1n) is 5.12. The number of nitriles is 1. The molecule has 1 heteroatoms. The highest BCUT2D eigenvalue weighted by atomic mass is 14.4. The van der Waals surface area contributed by atoms with Crippen LogP contribution in [0.4, 0.5) is 0 Å². The van der Waals surface area contributed by atoms with E-state index >= 15 is 0 Å². The molecule has 0 heterocycles. The van der Waals surface area contributed by atoms with E-state index in [4.69, 9.17) is 5.26 Å². The van der Waals surface area contributed by atoms with Gasteiger partial charge in [0.05, 0.1) is 12.0 Å². The van der Waals surface area contributed by atoms with E-state index in [1.807, 2.05) is 26.0 Å². The van der Waals surface area contributed by atoms with Crippen LogP contribution in [0.25, 0.3) is 0 Å². The lowest BCUT2D eigenvalue weighted by Gasteiger charge is -2.07. The molecule has 0 N–H and O–H groups in total. The van der Waals surface area contributed by atoms with Gasteiger partial charge in [0.25, 0.3) is 0 Å². The van der Waals surface area contributed by atoms with Crippen LogP contribution in [-0.2, 0) is 0 Å². The molecule has 0 fully saturated rings. The van der Waals surface area contributed by atoms with Crippen molar-refractivity contribution in [3.63, 3.8) is 0 Å². The topological polar surface area (TPSA) is 23.8 Å². The predicted molar refractivity (Wildman–Crippen MR) is 61.7 cm³/mol. The maximum absolute atomic E-state index is 8.82. The first-order valence-corrected chi connectivity index (χ1v) is 5.12. The summed E-state index contributed by atoms with van der Waals surface area (Å²) in [5, 5.41) is 8.82. The fraction of sp³-hybridized carbons (Fsp3) is 0.462. The second-order valence-electron chi connectivity index (χ2n) is 3.12. The second kappa shape index (κ2) is 6.21. The normalized spacial score (nSPS) is 24.7. The van der Waals surface area contributed by atoms with Crippen LogP contribution in [0.1, 0.15) is 27.2 Å². The molecule has 0 amide bonds. The SMILES string of the molecule is C=CC1=C(C=C)[C@H](C)[C@H](C#N)C1.CC. The van der Waals surface area contributed by atoms with Crippen molar-refractivity contribution in [2.24, 2.45) is 11.8 Å². The molecular weight excluding hydrogens is 170 g/mol. The van der Waals surface area contributed by atoms with Crippen molar-refractivity contribution in [3.05, 3.63) is 36.5 Å². The summed E-state index contributed by atoms with van der Waals surface area (Å²) in [6.07, 6.45) is 4.52. The maximum Gasteiger partial charge on any atom is 0.0665 e. The van der Waals surface area contributed by atoms with E-state index in [0.717, 1.165) is 6.42 Å². The number of rotatable bonds is 2. The Balaban J connectivity index is 0.000000791. The third-order valence-electron chi connectivity index (χ3n) is 2.54. The summed E-state index contributed by atoms with van der Waals surface area (Å²) < 4.78 is 0. The summed E-state index contributed by atoms with van der Waals surface area (Å²) in [4.78, 5) is 0. The van der Waals surface area contributed by atoms with Crippen molar-refractivity contribution in [2.75, 3.05) is 0 Å². The molecule has 0 aromatic heterocycles. The Hall–Kier alpha value is -1.29. The van der Waals surface area contributed by atoms with Gasteiger partial charge < -0.3 is 0 Å². The summed E-state index contributed by atoms with van der Waals surface area (Å²) in [6.45, 7) is 13.5. The lowest BCUT2D eigenvalue weighted by molar-refractivity contribution is 0.551. The Kier molecular flexibility index (Phi) is 5.64. The van der Waals surface area contributed by atoms with Gasteiger partial charge in [-0.1, -0.05) is 46.1 Å². The smallest absolute Gasteiger partial charge is 0.0665 e. The first kappa shape index (κ1) is 12.7. The number of allylic oxidation sites excluding steroid dienone is 4. The van der Waals surface area contributed by atoms with Crippen LogP contribution in [-0.4, -0.2) is 0 Å².